The molecule has 2 saturated heterocycles. The van der Waals surface area contributed by atoms with Crippen LogP contribution in [0, 0.1) is 0 Å². The van der Waals surface area contributed by atoms with Crippen molar-refractivity contribution in [2.24, 2.45) is 0 Å². The molecule has 0 saturated carbocycles. The van der Waals surface area contributed by atoms with E-state index in [1.165, 1.54) is 6.42 Å². The summed E-state index contributed by atoms with van der Waals surface area (Å²) in [5, 5.41) is 4.11. The first-order chi connectivity index (χ1) is 10.2. The molecule has 0 aromatic heterocycles. The number of piperidine rings is 1. The number of amides is 1. The van der Waals surface area contributed by atoms with E-state index in [2.05, 4.69) is 16.3 Å². The van der Waals surface area contributed by atoms with Crippen molar-refractivity contribution in [1.29, 1.82) is 0 Å². The molecule has 1 N–H and O–H groups in total. The zero-order chi connectivity index (χ0) is 14.7. The molecule has 1 aromatic rings. The highest BCUT2D eigenvalue weighted by Crippen LogP contribution is 2.21. The number of anilines is 1. The van der Waals surface area contributed by atoms with Gasteiger partial charge in [-0.15, -0.1) is 0 Å². The lowest BCUT2D eigenvalue weighted by molar-refractivity contribution is -0.134. The minimum Gasteiger partial charge on any atom is -0.368 e. The smallest absolute Gasteiger partial charge is 0.239 e. The molecule has 2 fully saturated rings. The molecule has 0 spiro atoms. The van der Waals surface area contributed by atoms with Crippen LogP contribution in [-0.4, -0.2) is 49.6 Å². The Morgan fingerprint density at radius 1 is 1.19 bits per heavy atom. The molecule has 0 radical (unpaired) electrons. The van der Waals surface area contributed by atoms with Crippen LogP contribution in [0.3, 0.4) is 0 Å². The van der Waals surface area contributed by atoms with E-state index in [-0.39, 0.29) is 11.9 Å². The van der Waals surface area contributed by atoms with Gasteiger partial charge in [0.25, 0.3) is 0 Å². The molecule has 3 rings (SSSR count). The first-order valence-corrected chi connectivity index (χ1v) is 8.14. The number of piperazine rings is 1. The number of nitrogens with one attached hydrogen (secondary N) is 1. The molecule has 1 atom stereocenters. The van der Waals surface area contributed by atoms with Gasteiger partial charge in [-0.25, -0.2) is 0 Å². The van der Waals surface area contributed by atoms with Crippen molar-refractivity contribution in [3.63, 3.8) is 0 Å². The van der Waals surface area contributed by atoms with E-state index in [1.807, 2.05) is 23.1 Å². The lowest BCUT2D eigenvalue weighted by Gasteiger charge is -2.38. The summed E-state index contributed by atoms with van der Waals surface area (Å²) in [6.07, 6.45) is 3.32. The molecule has 2 aliphatic heterocycles. The van der Waals surface area contributed by atoms with E-state index >= 15 is 0 Å². The highest BCUT2D eigenvalue weighted by Gasteiger charge is 2.28. The van der Waals surface area contributed by atoms with Crippen molar-refractivity contribution in [3.05, 3.63) is 29.3 Å². The highest BCUT2D eigenvalue weighted by molar-refractivity contribution is 6.30. The molecular formula is C16H22ClN3O. The van der Waals surface area contributed by atoms with E-state index in [4.69, 9.17) is 11.6 Å². The first kappa shape index (κ1) is 14.7. The number of hydrogen-bond donors (Lipinski definition) is 1. The molecule has 1 aromatic carbocycles. The van der Waals surface area contributed by atoms with Crippen LogP contribution in [0.2, 0.25) is 5.02 Å². The van der Waals surface area contributed by atoms with Crippen LogP contribution in [0.25, 0.3) is 0 Å². The molecule has 5 heteroatoms. The van der Waals surface area contributed by atoms with Gasteiger partial charge in [-0.05, 0) is 37.6 Å². The summed E-state index contributed by atoms with van der Waals surface area (Å²) in [7, 11) is 0. The Morgan fingerprint density at radius 2 is 2.00 bits per heavy atom. The zero-order valence-corrected chi connectivity index (χ0v) is 13.0. The number of halogens is 1. The van der Waals surface area contributed by atoms with Crippen LogP contribution in [0.4, 0.5) is 5.69 Å². The molecule has 114 valence electrons. The van der Waals surface area contributed by atoms with Gasteiger partial charge < -0.3 is 15.1 Å². The number of rotatable bonds is 2. The van der Waals surface area contributed by atoms with E-state index in [0.717, 1.165) is 56.3 Å². The second-order valence-corrected chi connectivity index (χ2v) is 6.23. The average molecular weight is 308 g/mol. The van der Waals surface area contributed by atoms with Crippen molar-refractivity contribution >= 4 is 23.2 Å². The van der Waals surface area contributed by atoms with Crippen molar-refractivity contribution in [2.45, 2.75) is 25.3 Å². The van der Waals surface area contributed by atoms with Crippen molar-refractivity contribution in [3.8, 4) is 0 Å². The van der Waals surface area contributed by atoms with Gasteiger partial charge >= 0.3 is 0 Å². The highest BCUT2D eigenvalue weighted by atomic mass is 35.5. The van der Waals surface area contributed by atoms with Gasteiger partial charge in [0, 0.05) is 36.9 Å². The largest absolute Gasteiger partial charge is 0.368 e. The predicted molar refractivity (Wildman–Crippen MR) is 85.9 cm³/mol. The molecule has 2 heterocycles. The maximum Gasteiger partial charge on any atom is 0.239 e. The SMILES string of the molecule is O=C([C@H]1CCCCN1)N1CCN(c2cccc(Cl)c2)CC1. The maximum absolute atomic E-state index is 12.5. The van der Waals surface area contributed by atoms with Crippen LogP contribution in [0.1, 0.15) is 19.3 Å². The van der Waals surface area contributed by atoms with Gasteiger partial charge in [-0.3, -0.25) is 4.79 Å². The standard InChI is InChI=1S/C16H22ClN3O/c17-13-4-3-5-14(12-13)19-8-10-20(11-9-19)16(21)15-6-1-2-7-18-15/h3-5,12,15,18H,1-2,6-11H2/t15-/m1/s1. The van der Waals surface area contributed by atoms with Gasteiger partial charge in [0.2, 0.25) is 5.91 Å². The van der Waals surface area contributed by atoms with Crippen LogP contribution >= 0.6 is 11.6 Å². The van der Waals surface area contributed by atoms with E-state index in [1.54, 1.807) is 0 Å². The predicted octanol–water partition coefficient (Wildman–Crippen LogP) is 2.13. The maximum atomic E-state index is 12.5. The lowest BCUT2D eigenvalue weighted by Crippen LogP contribution is -2.55. The lowest BCUT2D eigenvalue weighted by atomic mass is 10.0. The fraction of sp³-hybridized carbons (Fsp3) is 0.562. The average Bonchev–Trinajstić information content (AvgIpc) is 2.55. The molecule has 1 amide bonds. The molecule has 0 bridgehead atoms. The zero-order valence-electron chi connectivity index (χ0n) is 12.2. The molecule has 21 heavy (non-hydrogen) atoms. The van der Waals surface area contributed by atoms with Gasteiger partial charge in [-0.2, -0.15) is 0 Å². The third-order valence-electron chi connectivity index (χ3n) is 4.37. The quantitative estimate of drug-likeness (QED) is 0.909. The Bertz CT molecular complexity index is 494. The second kappa shape index (κ2) is 6.67. The number of carbonyl (C=O) groups excluding carboxylic acids is 1. The molecule has 0 aliphatic carbocycles. The Balaban J connectivity index is 1.56. The number of carbonyl (C=O) groups is 1. The number of nitrogens with zero attached hydrogens (tertiary/aromatic N) is 2. The normalized spacial score (nSPS) is 23.2. The van der Waals surface area contributed by atoms with Crippen LogP contribution < -0.4 is 10.2 Å². The van der Waals surface area contributed by atoms with Crippen molar-refractivity contribution < 1.29 is 4.79 Å². The van der Waals surface area contributed by atoms with Gasteiger partial charge in [-0.1, -0.05) is 24.1 Å². The Morgan fingerprint density at radius 3 is 2.67 bits per heavy atom. The summed E-state index contributed by atoms with van der Waals surface area (Å²) in [5.74, 6) is 0.278. The van der Waals surface area contributed by atoms with E-state index < -0.39 is 0 Å². The van der Waals surface area contributed by atoms with Crippen molar-refractivity contribution in [2.75, 3.05) is 37.6 Å². The Labute approximate surface area is 131 Å². The summed E-state index contributed by atoms with van der Waals surface area (Å²) in [6, 6.07) is 7.96. The summed E-state index contributed by atoms with van der Waals surface area (Å²) >= 11 is 6.05. The fourth-order valence-electron chi connectivity index (χ4n) is 3.14. The summed E-state index contributed by atoms with van der Waals surface area (Å²) in [4.78, 5) is 16.8. The summed E-state index contributed by atoms with van der Waals surface area (Å²) in [6.45, 7) is 4.31. The summed E-state index contributed by atoms with van der Waals surface area (Å²) in [5.41, 5.74) is 1.14. The van der Waals surface area contributed by atoms with Crippen LogP contribution in [0.15, 0.2) is 24.3 Å². The van der Waals surface area contributed by atoms with Gasteiger partial charge in [0.05, 0.1) is 6.04 Å². The fourth-order valence-corrected chi connectivity index (χ4v) is 3.33. The minimum atomic E-state index is 0.0384. The Hall–Kier alpha value is -1.26. The second-order valence-electron chi connectivity index (χ2n) is 5.79. The van der Waals surface area contributed by atoms with Crippen LogP contribution in [0.5, 0.6) is 0 Å². The molecule has 0 unspecified atom stereocenters. The van der Waals surface area contributed by atoms with E-state index in [0.29, 0.717) is 0 Å². The topological polar surface area (TPSA) is 35.6 Å². The van der Waals surface area contributed by atoms with Crippen LogP contribution in [-0.2, 0) is 4.79 Å². The number of benzene rings is 1. The van der Waals surface area contributed by atoms with E-state index in [9.17, 15) is 4.79 Å². The van der Waals surface area contributed by atoms with Gasteiger partial charge in [0.1, 0.15) is 0 Å². The summed E-state index contributed by atoms with van der Waals surface area (Å²) < 4.78 is 0. The first-order valence-electron chi connectivity index (χ1n) is 7.77. The minimum absolute atomic E-state index is 0.0384. The number of hydrogen-bond acceptors (Lipinski definition) is 3. The third kappa shape index (κ3) is 3.50. The van der Waals surface area contributed by atoms with Crippen molar-refractivity contribution in [1.82, 2.24) is 10.2 Å². The third-order valence-corrected chi connectivity index (χ3v) is 4.61. The monoisotopic (exact) mass is 307 g/mol. The molecule has 4 nitrogen and oxygen atoms in total. The van der Waals surface area contributed by atoms with Gasteiger partial charge in [0.15, 0.2) is 0 Å². The molecule has 2 aliphatic rings. The molecular weight excluding hydrogens is 286 g/mol. The Kier molecular flexibility index (Phi) is 4.66.